The number of carbonyl (C=O) groups is 1. The zero-order chi connectivity index (χ0) is 13.4. The molecule has 1 heterocycles. The summed E-state index contributed by atoms with van der Waals surface area (Å²) in [6.45, 7) is 7.65. The van der Waals surface area contributed by atoms with Crippen LogP contribution < -0.4 is 0 Å². The van der Waals surface area contributed by atoms with Crippen molar-refractivity contribution in [2.45, 2.75) is 46.0 Å². The quantitative estimate of drug-likeness (QED) is 0.668. The number of rotatable bonds is 8. The van der Waals surface area contributed by atoms with Gasteiger partial charge in [0.25, 0.3) is 0 Å². The molecule has 0 unspecified atom stereocenters. The van der Waals surface area contributed by atoms with Crippen LogP contribution in [-0.4, -0.2) is 44.0 Å². The van der Waals surface area contributed by atoms with Crippen molar-refractivity contribution in [3.05, 3.63) is 0 Å². The highest BCUT2D eigenvalue weighted by molar-refractivity contribution is 5.79. The van der Waals surface area contributed by atoms with Gasteiger partial charge in [0.15, 0.2) is 5.78 Å². The molecule has 0 aromatic rings. The molecule has 0 radical (unpaired) electrons. The Morgan fingerprint density at radius 2 is 2.00 bits per heavy atom. The van der Waals surface area contributed by atoms with Crippen LogP contribution in [0.1, 0.15) is 46.0 Å². The topological polar surface area (TPSA) is 29.5 Å². The molecule has 0 spiro atoms. The van der Waals surface area contributed by atoms with Gasteiger partial charge in [0.05, 0.1) is 0 Å². The van der Waals surface area contributed by atoms with Gasteiger partial charge in [-0.1, -0.05) is 13.8 Å². The van der Waals surface area contributed by atoms with Crippen molar-refractivity contribution < 1.29 is 9.53 Å². The highest BCUT2D eigenvalue weighted by atomic mass is 16.5. The van der Waals surface area contributed by atoms with Crippen LogP contribution in [0, 0.1) is 11.8 Å². The first-order valence-corrected chi connectivity index (χ1v) is 7.36. The van der Waals surface area contributed by atoms with Crippen LogP contribution in [0.2, 0.25) is 0 Å². The average Bonchev–Trinajstić information content (AvgIpc) is 2.31. The van der Waals surface area contributed by atoms with Gasteiger partial charge >= 0.3 is 0 Å². The summed E-state index contributed by atoms with van der Waals surface area (Å²) >= 11 is 0. The van der Waals surface area contributed by atoms with Gasteiger partial charge in [-0.15, -0.1) is 0 Å². The van der Waals surface area contributed by atoms with E-state index in [0.29, 0.717) is 25.6 Å². The zero-order valence-corrected chi connectivity index (χ0v) is 12.3. The predicted octanol–water partition coefficient (Wildman–Crippen LogP) is 2.74. The van der Waals surface area contributed by atoms with Crippen LogP contribution in [0.5, 0.6) is 0 Å². The zero-order valence-electron chi connectivity index (χ0n) is 12.3. The van der Waals surface area contributed by atoms with Crippen molar-refractivity contribution in [2.24, 2.45) is 11.8 Å². The molecule has 106 valence electrons. The van der Waals surface area contributed by atoms with Crippen LogP contribution in [0.25, 0.3) is 0 Å². The Morgan fingerprint density at radius 3 is 2.61 bits per heavy atom. The lowest BCUT2D eigenvalue weighted by Gasteiger charge is -2.28. The minimum atomic E-state index is 0.267. The second-order valence-electron chi connectivity index (χ2n) is 6.09. The van der Waals surface area contributed by atoms with Crippen LogP contribution in [-0.2, 0) is 9.53 Å². The molecule has 0 atom stereocenters. The molecule has 3 nitrogen and oxygen atoms in total. The fraction of sp³-hybridized carbons (Fsp3) is 0.933. The van der Waals surface area contributed by atoms with E-state index in [9.17, 15) is 4.79 Å². The molecule has 0 saturated carbocycles. The largest absolute Gasteiger partial charge is 0.373 e. The monoisotopic (exact) mass is 255 g/mol. The lowest BCUT2D eigenvalue weighted by molar-refractivity contribution is -0.124. The Kier molecular flexibility index (Phi) is 7.52. The molecule has 1 fully saturated rings. The van der Waals surface area contributed by atoms with E-state index in [-0.39, 0.29) is 5.78 Å². The Morgan fingerprint density at radius 1 is 1.33 bits per heavy atom. The molecule has 1 aliphatic heterocycles. The molecular formula is C15H29NO2. The van der Waals surface area contributed by atoms with E-state index < -0.39 is 0 Å². The van der Waals surface area contributed by atoms with Crippen LogP contribution in [0.15, 0.2) is 0 Å². The summed E-state index contributed by atoms with van der Waals surface area (Å²) in [4.78, 5) is 14.0. The molecule has 0 aliphatic carbocycles. The van der Waals surface area contributed by atoms with Crippen LogP contribution in [0.3, 0.4) is 0 Å². The summed E-state index contributed by atoms with van der Waals surface area (Å²) in [6.07, 6.45) is 5.55. The van der Waals surface area contributed by atoms with Gasteiger partial charge < -0.3 is 9.64 Å². The van der Waals surface area contributed by atoms with E-state index in [1.54, 1.807) is 0 Å². The second-order valence-corrected chi connectivity index (χ2v) is 6.09. The number of Topliss-reactive ketones (excluding diaryl/α,β-unsaturated/α-hetero) is 1. The summed E-state index contributed by atoms with van der Waals surface area (Å²) in [7, 11) is 2.19. The maximum Gasteiger partial charge on any atom is 0.158 e. The van der Waals surface area contributed by atoms with Gasteiger partial charge in [-0.25, -0.2) is 0 Å². The lowest BCUT2D eigenvalue weighted by atomic mass is 9.91. The van der Waals surface area contributed by atoms with Crippen LogP contribution in [0.4, 0.5) is 0 Å². The number of likely N-dealkylation sites (tertiary alicyclic amines) is 1. The first-order valence-electron chi connectivity index (χ1n) is 7.36. The fourth-order valence-electron chi connectivity index (χ4n) is 2.42. The summed E-state index contributed by atoms with van der Waals surface area (Å²) < 4.78 is 5.36. The molecular weight excluding hydrogens is 226 g/mol. The summed E-state index contributed by atoms with van der Waals surface area (Å²) in [5.74, 6) is 1.62. The average molecular weight is 255 g/mol. The van der Waals surface area contributed by atoms with Gasteiger partial charge in [-0.3, -0.25) is 4.79 Å². The molecule has 0 aromatic heterocycles. The first kappa shape index (κ1) is 15.6. The standard InChI is InChI=1S/C15H29NO2/c1-13(2)11-18-12-15(17)6-4-5-14-7-9-16(3)10-8-14/h13-14H,4-12H2,1-3H3. The molecule has 1 rings (SSSR count). The minimum Gasteiger partial charge on any atom is -0.373 e. The first-order chi connectivity index (χ1) is 8.58. The normalized spacial score (nSPS) is 18.4. The lowest BCUT2D eigenvalue weighted by Crippen LogP contribution is -2.30. The van der Waals surface area contributed by atoms with Gasteiger partial charge in [0, 0.05) is 13.0 Å². The molecule has 3 heteroatoms. The maximum atomic E-state index is 11.6. The third kappa shape index (κ3) is 7.12. The summed E-state index contributed by atoms with van der Waals surface area (Å²) in [5.41, 5.74) is 0. The summed E-state index contributed by atoms with van der Waals surface area (Å²) in [6, 6.07) is 0. The Labute approximate surface area is 112 Å². The van der Waals surface area contributed by atoms with Crippen molar-refractivity contribution in [3.63, 3.8) is 0 Å². The molecule has 1 aliphatic rings. The molecule has 1 saturated heterocycles. The molecule has 0 bridgehead atoms. The number of ether oxygens (including phenoxy) is 1. The Bertz CT molecular complexity index is 233. The van der Waals surface area contributed by atoms with Gasteiger partial charge in [0.1, 0.15) is 6.61 Å². The maximum absolute atomic E-state index is 11.6. The molecule has 0 amide bonds. The minimum absolute atomic E-state index is 0.267. The van der Waals surface area contributed by atoms with Crippen molar-refractivity contribution in [2.75, 3.05) is 33.4 Å². The van der Waals surface area contributed by atoms with E-state index in [2.05, 4.69) is 25.8 Å². The van der Waals surface area contributed by atoms with E-state index in [1.165, 1.54) is 32.4 Å². The Balaban J connectivity index is 1.98. The smallest absolute Gasteiger partial charge is 0.158 e. The molecule has 0 aromatic carbocycles. The van der Waals surface area contributed by atoms with E-state index in [0.717, 1.165) is 12.3 Å². The third-order valence-electron chi connectivity index (χ3n) is 3.62. The molecule has 18 heavy (non-hydrogen) atoms. The van der Waals surface area contributed by atoms with E-state index in [4.69, 9.17) is 4.74 Å². The van der Waals surface area contributed by atoms with E-state index in [1.807, 2.05) is 0 Å². The van der Waals surface area contributed by atoms with Crippen molar-refractivity contribution >= 4 is 5.78 Å². The SMILES string of the molecule is CC(C)COCC(=O)CCCC1CCN(C)CC1. The van der Waals surface area contributed by atoms with E-state index >= 15 is 0 Å². The fourth-order valence-corrected chi connectivity index (χ4v) is 2.42. The predicted molar refractivity (Wildman–Crippen MR) is 74.7 cm³/mol. The highest BCUT2D eigenvalue weighted by Crippen LogP contribution is 2.21. The summed E-state index contributed by atoms with van der Waals surface area (Å²) in [5, 5.41) is 0. The van der Waals surface area contributed by atoms with Crippen molar-refractivity contribution in [1.29, 1.82) is 0 Å². The number of hydrogen-bond donors (Lipinski definition) is 0. The van der Waals surface area contributed by atoms with Gasteiger partial charge in [-0.05, 0) is 57.7 Å². The third-order valence-corrected chi connectivity index (χ3v) is 3.62. The van der Waals surface area contributed by atoms with Gasteiger partial charge in [0.2, 0.25) is 0 Å². The highest BCUT2D eigenvalue weighted by Gasteiger charge is 2.16. The number of piperidine rings is 1. The Hall–Kier alpha value is -0.410. The molecule has 0 N–H and O–H groups in total. The number of ketones is 1. The number of nitrogens with zero attached hydrogens (tertiary/aromatic N) is 1. The van der Waals surface area contributed by atoms with Crippen molar-refractivity contribution in [3.8, 4) is 0 Å². The van der Waals surface area contributed by atoms with Crippen LogP contribution >= 0.6 is 0 Å². The number of hydrogen-bond acceptors (Lipinski definition) is 3. The van der Waals surface area contributed by atoms with Crippen molar-refractivity contribution in [1.82, 2.24) is 4.90 Å². The second kappa shape index (κ2) is 8.65. The number of carbonyl (C=O) groups excluding carboxylic acids is 1. The van der Waals surface area contributed by atoms with Gasteiger partial charge in [-0.2, -0.15) is 0 Å².